The molecule has 1 heterocycles. The molecule has 88 valence electrons. The van der Waals surface area contributed by atoms with Gasteiger partial charge in [-0.1, -0.05) is 29.3 Å². The molecule has 0 bridgehead atoms. The van der Waals surface area contributed by atoms with E-state index < -0.39 is 5.82 Å². The molecule has 0 N–H and O–H groups in total. The zero-order valence-electron chi connectivity index (χ0n) is 8.88. The summed E-state index contributed by atoms with van der Waals surface area (Å²) in [4.78, 5) is 3.85. The summed E-state index contributed by atoms with van der Waals surface area (Å²) in [6, 6.07) is 7.84. The molecule has 2 rings (SSSR count). The number of pyridine rings is 1. The Balaban J connectivity index is 2.52. The fourth-order valence-corrected chi connectivity index (χ4v) is 1.93. The Morgan fingerprint density at radius 1 is 1.06 bits per heavy atom. The van der Waals surface area contributed by atoms with E-state index in [0.29, 0.717) is 0 Å². The summed E-state index contributed by atoms with van der Waals surface area (Å²) >= 11 is 11.6. The van der Waals surface area contributed by atoms with E-state index in [2.05, 4.69) is 4.98 Å². The highest BCUT2D eigenvalue weighted by Crippen LogP contribution is 2.29. The molecule has 0 aliphatic carbocycles. The summed E-state index contributed by atoms with van der Waals surface area (Å²) in [6.45, 7) is 0. The lowest BCUT2D eigenvalue weighted by Crippen LogP contribution is -1.89. The second-order valence-electron chi connectivity index (χ2n) is 3.35. The van der Waals surface area contributed by atoms with Gasteiger partial charge in [-0.3, -0.25) is 0 Å². The van der Waals surface area contributed by atoms with E-state index in [9.17, 15) is 4.39 Å². The number of nitrogens with zero attached hydrogens (tertiary/aromatic N) is 1. The van der Waals surface area contributed by atoms with E-state index >= 15 is 0 Å². The van der Waals surface area contributed by atoms with Crippen molar-refractivity contribution >= 4 is 23.2 Å². The summed E-state index contributed by atoms with van der Waals surface area (Å²) in [7, 11) is 1.41. The van der Waals surface area contributed by atoms with Gasteiger partial charge in [0.2, 0.25) is 0 Å². The molecule has 0 aliphatic heterocycles. The standard InChI is InChI=1S/C12H8Cl2FNO/c1-17-10-4-7(2-3-9(10)15)8-5-11(13)16-12(14)6-8/h2-6H,1H3. The average molecular weight is 272 g/mol. The minimum Gasteiger partial charge on any atom is -0.494 e. The fourth-order valence-electron chi connectivity index (χ4n) is 1.47. The summed E-state index contributed by atoms with van der Waals surface area (Å²) < 4.78 is 18.2. The molecule has 0 amide bonds. The molecule has 0 saturated carbocycles. The quantitative estimate of drug-likeness (QED) is 0.764. The average Bonchev–Trinajstić information content (AvgIpc) is 2.28. The second kappa shape index (κ2) is 4.90. The Hall–Kier alpha value is -1.32. The van der Waals surface area contributed by atoms with Gasteiger partial charge < -0.3 is 4.74 Å². The maximum absolute atomic E-state index is 13.3. The van der Waals surface area contributed by atoms with Gasteiger partial charge in [0.05, 0.1) is 7.11 Å². The smallest absolute Gasteiger partial charge is 0.165 e. The summed E-state index contributed by atoms with van der Waals surface area (Å²) in [5, 5.41) is 0.576. The van der Waals surface area contributed by atoms with Crippen LogP contribution in [0.3, 0.4) is 0 Å². The monoisotopic (exact) mass is 271 g/mol. The third-order valence-corrected chi connectivity index (χ3v) is 2.63. The van der Waals surface area contributed by atoms with E-state index in [0.717, 1.165) is 11.1 Å². The highest BCUT2D eigenvalue weighted by Gasteiger charge is 2.07. The molecule has 2 aromatic rings. The molecule has 1 aromatic heterocycles. The minimum atomic E-state index is -0.414. The van der Waals surface area contributed by atoms with Crippen LogP contribution in [0.25, 0.3) is 11.1 Å². The Bertz CT molecular complexity index is 540. The molecule has 2 nitrogen and oxygen atoms in total. The van der Waals surface area contributed by atoms with Crippen molar-refractivity contribution in [2.45, 2.75) is 0 Å². The Morgan fingerprint density at radius 2 is 1.71 bits per heavy atom. The van der Waals surface area contributed by atoms with Crippen LogP contribution in [0.2, 0.25) is 10.3 Å². The van der Waals surface area contributed by atoms with Crippen LogP contribution in [0, 0.1) is 5.82 Å². The van der Waals surface area contributed by atoms with Gasteiger partial charge in [-0.15, -0.1) is 0 Å². The van der Waals surface area contributed by atoms with Gasteiger partial charge in [0.25, 0.3) is 0 Å². The van der Waals surface area contributed by atoms with Gasteiger partial charge in [-0.2, -0.15) is 0 Å². The summed E-state index contributed by atoms with van der Waals surface area (Å²) in [5.74, 6) is -0.242. The van der Waals surface area contributed by atoms with E-state index in [1.165, 1.54) is 13.2 Å². The molecular weight excluding hydrogens is 264 g/mol. The van der Waals surface area contributed by atoms with Crippen LogP contribution in [0.4, 0.5) is 4.39 Å². The van der Waals surface area contributed by atoms with Crippen LogP contribution in [-0.2, 0) is 0 Å². The Morgan fingerprint density at radius 3 is 2.29 bits per heavy atom. The number of aromatic nitrogens is 1. The van der Waals surface area contributed by atoms with Gasteiger partial charge in [0.15, 0.2) is 11.6 Å². The number of hydrogen-bond acceptors (Lipinski definition) is 2. The van der Waals surface area contributed by atoms with Gasteiger partial charge in [-0.05, 0) is 35.4 Å². The number of methoxy groups -OCH3 is 1. The first-order chi connectivity index (χ1) is 8.10. The molecule has 0 unspecified atom stereocenters. The van der Waals surface area contributed by atoms with Crippen LogP contribution < -0.4 is 4.74 Å². The van der Waals surface area contributed by atoms with Crippen molar-refractivity contribution < 1.29 is 9.13 Å². The Kier molecular flexibility index (Phi) is 3.50. The normalized spacial score (nSPS) is 10.4. The summed E-state index contributed by atoms with van der Waals surface area (Å²) in [6.07, 6.45) is 0. The van der Waals surface area contributed by atoms with Crippen LogP contribution in [-0.4, -0.2) is 12.1 Å². The maximum atomic E-state index is 13.3. The van der Waals surface area contributed by atoms with Gasteiger partial charge >= 0.3 is 0 Å². The third-order valence-electron chi connectivity index (χ3n) is 2.25. The number of hydrogen-bond donors (Lipinski definition) is 0. The molecular formula is C12H8Cl2FNO. The SMILES string of the molecule is COc1cc(-c2cc(Cl)nc(Cl)c2)ccc1F. The molecule has 17 heavy (non-hydrogen) atoms. The molecule has 5 heteroatoms. The van der Waals surface area contributed by atoms with Gasteiger partial charge in [0.1, 0.15) is 10.3 Å². The molecule has 0 aliphatic rings. The number of benzene rings is 1. The molecule has 0 saturated heterocycles. The van der Waals surface area contributed by atoms with E-state index in [1.807, 2.05) is 0 Å². The zero-order chi connectivity index (χ0) is 12.4. The first-order valence-electron chi connectivity index (χ1n) is 4.77. The molecule has 0 atom stereocenters. The van der Waals surface area contributed by atoms with Crippen molar-refractivity contribution in [3.8, 4) is 16.9 Å². The first-order valence-corrected chi connectivity index (χ1v) is 5.53. The van der Waals surface area contributed by atoms with Crippen molar-refractivity contribution in [2.75, 3.05) is 7.11 Å². The lowest BCUT2D eigenvalue weighted by Gasteiger charge is -2.06. The highest BCUT2D eigenvalue weighted by molar-refractivity contribution is 6.32. The number of halogens is 3. The molecule has 0 spiro atoms. The van der Waals surface area contributed by atoms with Crippen molar-refractivity contribution in [3.05, 3.63) is 46.5 Å². The van der Waals surface area contributed by atoms with Crippen LogP contribution >= 0.6 is 23.2 Å². The van der Waals surface area contributed by atoms with Crippen molar-refractivity contribution in [1.29, 1.82) is 0 Å². The van der Waals surface area contributed by atoms with Gasteiger partial charge in [-0.25, -0.2) is 9.37 Å². The largest absolute Gasteiger partial charge is 0.494 e. The molecule has 1 aromatic carbocycles. The minimum absolute atomic E-state index is 0.173. The first kappa shape index (κ1) is 12.1. The number of ether oxygens (including phenoxy) is 1. The predicted octanol–water partition coefficient (Wildman–Crippen LogP) is 4.20. The molecule has 0 radical (unpaired) electrons. The van der Waals surface area contributed by atoms with E-state index in [1.54, 1.807) is 24.3 Å². The van der Waals surface area contributed by atoms with Crippen molar-refractivity contribution in [3.63, 3.8) is 0 Å². The van der Waals surface area contributed by atoms with E-state index in [4.69, 9.17) is 27.9 Å². The predicted molar refractivity (Wildman–Crippen MR) is 66.2 cm³/mol. The lowest BCUT2D eigenvalue weighted by molar-refractivity contribution is 0.387. The summed E-state index contributed by atoms with van der Waals surface area (Å²) in [5.41, 5.74) is 1.52. The van der Waals surface area contributed by atoms with Crippen molar-refractivity contribution in [2.24, 2.45) is 0 Å². The van der Waals surface area contributed by atoms with Gasteiger partial charge in [0, 0.05) is 0 Å². The molecule has 0 fully saturated rings. The topological polar surface area (TPSA) is 22.1 Å². The number of rotatable bonds is 2. The van der Waals surface area contributed by atoms with Crippen molar-refractivity contribution in [1.82, 2.24) is 4.98 Å². The maximum Gasteiger partial charge on any atom is 0.165 e. The fraction of sp³-hybridized carbons (Fsp3) is 0.0833. The lowest BCUT2D eigenvalue weighted by atomic mass is 10.1. The van der Waals surface area contributed by atoms with Crippen LogP contribution in [0.15, 0.2) is 30.3 Å². The second-order valence-corrected chi connectivity index (χ2v) is 4.13. The van der Waals surface area contributed by atoms with Crippen LogP contribution in [0.1, 0.15) is 0 Å². The Labute approximate surface area is 108 Å². The van der Waals surface area contributed by atoms with E-state index in [-0.39, 0.29) is 16.1 Å². The van der Waals surface area contributed by atoms with Crippen LogP contribution in [0.5, 0.6) is 5.75 Å². The zero-order valence-corrected chi connectivity index (χ0v) is 10.4. The third kappa shape index (κ3) is 2.68. The highest BCUT2D eigenvalue weighted by atomic mass is 35.5.